The van der Waals surface area contributed by atoms with Gasteiger partial charge in [-0.05, 0) is 36.4 Å². The largest absolute Gasteiger partial charge is 0.493 e. The van der Waals surface area contributed by atoms with Crippen molar-refractivity contribution >= 4 is 33.6 Å². The molecule has 1 aliphatic rings. The zero-order valence-electron chi connectivity index (χ0n) is 16.8. The van der Waals surface area contributed by atoms with Crippen LogP contribution in [0.5, 0.6) is 11.5 Å². The lowest BCUT2D eigenvalue weighted by atomic mass is 10.2. The van der Waals surface area contributed by atoms with Gasteiger partial charge in [0.2, 0.25) is 10.0 Å². The Hall–Kier alpha value is -2.66. The van der Waals surface area contributed by atoms with Gasteiger partial charge >= 0.3 is 11.9 Å². The number of hydrogen-bond donors (Lipinski definition) is 0. The molecule has 0 bridgehead atoms. The van der Waals surface area contributed by atoms with Crippen LogP contribution in [0.1, 0.15) is 20.7 Å². The number of ether oxygens (including phenoxy) is 4. The van der Waals surface area contributed by atoms with Gasteiger partial charge in [0.15, 0.2) is 11.5 Å². The third-order valence-electron chi connectivity index (χ3n) is 4.55. The van der Waals surface area contributed by atoms with Crippen LogP contribution in [0, 0.1) is 0 Å². The molecule has 2 aromatic rings. The van der Waals surface area contributed by atoms with E-state index in [0.29, 0.717) is 13.2 Å². The third kappa shape index (κ3) is 4.99. The van der Waals surface area contributed by atoms with Crippen LogP contribution in [-0.2, 0) is 19.5 Å². The van der Waals surface area contributed by atoms with E-state index in [2.05, 4.69) is 4.74 Å². The molecule has 0 aromatic heterocycles. The summed E-state index contributed by atoms with van der Waals surface area (Å²) in [5.41, 5.74) is 0.0749. The first-order valence-corrected chi connectivity index (χ1v) is 11.0. The van der Waals surface area contributed by atoms with E-state index in [1.54, 1.807) is 0 Å². The summed E-state index contributed by atoms with van der Waals surface area (Å²) in [6, 6.07) is 7.95. The average molecular weight is 470 g/mol. The summed E-state index contributed by atoms with van der Waals surface area (Å²) in [4.78, 5) is 24.3. The fraction of sp³-hybridized carbons (Fsp3) is 0.300. The van der Waals surface area contributed by atoms with Gasteiger partial charge < -0.3 is 18.9 Å². The number of rotatable bonds is 6. The topological polar surface area (TPSA) is 108 Å². The fourth-order valence-electron chi connectivity index (χ4n) is 2.91. The normalized spacial score (nSPS) is 14.7. The van der Waals surface area contributed by atoms with E-state index in [9.17, 15) is 18.0 Å². The number of benzene rings is 2. The number of hydrogen-bond acceptors (Lipinski definition) is 8. The fourth-order valence-corrected chi connectivity index (χ4v) is 4.54. The Bertz CT molecular complexity index is 1100. The minimum absolute atomic E-state index is 0.0241. The SMILES string of the molecule is COC(=O)c1ccc(OC(=O)c2cc(S(=O)(=O)N3CCOCC3)ccc2Cl)c(OC)c1. The lowest BCUT2D eigenvalue weighted by molar-refractivity contribution is 0.0600. The number of carbonyl (C=O) groups excluding carboxylic acids is 2. The van der Waals surface area contributed by atoms with Crippen molar-refractivity contribution in [1.82, 2.24) is 4.31 Å². The number of morpholine rings is 1. The molecule has 9 nitrogen and oxygen atoms in total. The highest BCUT2D eigenvalue weighted by Gasteiger charge is 2.28. The van der Waals surface area contributed by atoms with Gasteiger partial charge in [-0.1, -0.05) is 11.6 Å². The summed E-state index contributed by atoms with van der Waals surface area (Å²) < 4.78 is 47.4. The number of nitrogens with zero attached hydrogens (tertiary/aromatic N) is 1. The second-order valence-corrected chi connectivity index (χ2v) is 8.75. The predicted octanol–water partition coefficient (Wildman–Crippen LogP) is 2.38. The molecule has 0 unspecified atom stereocenters. The molecule has 2 aromatic carbocycles. The zero-order chi connectivity index (χ0) is 22.6. The second-order valence-electron chi connectivity index (χ2n) is 6.40. The van der Waals surface area contributed by atoms with Crippen molar-refractivity contribution < 1.29 is 37.0 Å². The first-order chi connectivity index (χ1) is 14.8. The van der Waals surface area contributed by atoms with Crippen molar-refractivity contribution in [2.75, 3.05) is 40.5 Å². The Balaban J connectivity index is 1.89. The molecule has 11 heteroatoms. The van der Waals surface area contributed by atoms with Crippen molar-refractivity contribution in [1.29, 1.82) is 0 Å². The average Bonchev–Trinajstić information content (AvgIpc) is 2.79. The molecule has 0 saturated carbocycles. The Kier molecular flexibility index (Phi) is 7.16. The number of methoxy groups -OCH3 is 2. The van der Waals surface area contributed by atoms with E-state index in [4.69, 9.17) is 25.8 Å². The highest BCUT2D eigenvalue weighted by molar-refractivity contribution is 7.89. The quantitative estimate of drug-likeness (QED) is 0.468. The summed E-state index contributed by atoms with van der Waals surface area (Å²) in [5, 5.41) is 0.0241. The smallest absolute Gasteiger partial charge is 0.345 e. The molecule has 0 radical (unpaired) electrons. The molecule has 1 heterocycles. The summed E-state index contributed by atoms with van der Waals surface area (Å²) in [6.45, 7) is 1.02. The third-order valence-corrected chi connectivity index (χ3v) is 6.78. The molecule has 0 spiro atoms. The van der Waals surface area contributed by atoms with Crippen LogP contribution in [0.15, 0.2) is 41.3 Å². The molecular formula is C20H20ClNO8S. The highest BCUT2D eigenvalue weighted by Crippen LogP contribution is 2.31. The standard InChI is InChI=1S/C20H20ClNO8S/c1-27-18-11-13(19(23)28-2)3-6-17(18)30-20(24)15-12-14(4-5-16(15)21)31(25,26)22-7-9-29-10-8-22/h3-6,11-12H,7-10H2,1-2H3. The maximum Gasteiger partial charge on any atom is 0.345 e. The highest BCUT2D eigenvalue weighted by atomic mass is 35.5. The Morgan fingerprint density at radius 2 is 1.71 bits per heavy atom. The molecule has 1 aliphatic heterocycles. The molecular weight excluding hydrogens is 450 g/mol. The van der Waals surface area contributed by atoms with Gasteiger partial charge in [0.1, 0.15) is 0 Å². The van der Waals surface area contributed by atoms with Gasteiger partial charge in [-0.15, -0.1) is 0 Å². The second kappa shape index (κ2) is 9.65. The maximum atomic E-state index is 12.9. The number of carbonyl (C=O) groups is 2. The van der Waals surface area contributed by atoms with Gasteiger partial charge in [-0.2, -0.15) is 4.31 Å². The van der Waals surface area contributed by atoms with Crippen LogP contribution < -0.4 is 9.47 Å². The van der Waals surface area contributed by atoms with Crippen LogP contribution in [0.4, 0.5) is 0 Å². The van der Waals surface area contributed by atoms with E-state index in [0.717, 1.165) is 0 Å². The molecule has 0 aliphatic carbocycles. The van der Waals surface area contributed by atoms with Crippen LogP contribution in [0.3, 0.4) is 0 Å². The molecule has 1 fully saturated rings. The predicted molar refractivity (Wildman–Crippen MR) is 110 cm³/mol. The first kappa shape index (κ1) is 23.0. The molecule has 166 valence electrons. The van der Waals surface area contributed by atoms with Gasteiger partial charge in [-0.3, -0.25) is 0 Å². The number of esters is 2. The van der Waals surface area contributed by atoms with Gasteiger partial charge in [-0.25, -0.2) is 18.0 Å². The number of sulfonamides is 1. The van der Waals surface area contributed by atoms with Crippen molar-refractivity contribution in [3.63, 3.8) is 0 Å². The van der Waals surface area contributed by atoms with E-state index in [1.807, 2.05) is 0 Å². The van der Waals surface area contributed by atoms with Crippen molar-refractivity contribution in [3.05, 3.63) is 52.5 Å². The van der Waals surface area contributed by atoms with Gasteiger partial charge in [0, 0.05) is 13.1 Å². The Morgan fingerprint density at radius 1 is 1.00 bits per heavy atom. The monoisotopic (exact) mass is 469 g/mol. The van der Waals surface area contributed by atoms with E-state index in [-0.39, 0.29) is 45.6 Å². The summed E-state index contributed by atoms with van der Waals surface area (Å²) in [6.07, 6.45) is 0. The Morgan fingerprint density at radius 3 is 2.35 bits per heavy atom. The van der Waals surface area contributed by atoms with Crippen molar-refractivity contribution in [2.45, 2.75) is 4.90 Å². The lowest BCUT2D eigenvalue weighted by Gasteiger charge is -2.26. The van der Waals surface area contributed by atoms with Crippen LogP contribution in [0.2, 0.25) is 5.02 Å². The maximum absolute atomic E-state index is 12.9. The van der Waals surface area contributed by atoms with Crippen LogP contribution in [0.25, 0.3) is 0 Å². The van der Waals surface area contributed by atoms with Gasteiger partial charge in [0.25, 0.3) is 0 Å². The zero-order valence-corrected chi connectivity index (χ0v) is 18.4. The first-order valence-electron chi connectivity index (χ1n) is 9.14. The number of halogens is 1. The van der Waals surface area contributed by atoms with Crippen molar-refractivity contribution in [2.24, 2.45) is 0 Å². The molecule has 0 atom stereocenters. The molecule has 0 N–H and O–H groups in total. The molecule has 0 amide bonds. The molecule has 31 heavy (non-hydrogen) atoms. The van der Waals surface area contributed by atoms with Crippen molar-refractivity contribution in [3.8, 4) is 11.5 Å². The summed E-state index contributed by atoms with van der Waals surface area (Å²) in [7, 11) is -1.25. The Labute approximate surface area is 184 Å². The lowest BCUT2D eigenvalue weighted by Crippen LogP contribution is -2.40. The summed E-state index contributed by atoms with van der Waals surface area (Å²) >= 11 is 6.13. The van der Waals surface area contributed by atoms with Crippen LogP contribution in [-0.4, -0.2) is 65.2 Å². The molecule has 3 rings (SSSR count). The van der Waals surface area contributed by atoms with E-state index < -0.39 is 22.0 Å². The van der Waals surface area contributed by atoms with Crippen LogP contribution >= 0.6 is 11.6 Å². The minimum atomic E-state index is -3.83. The van der Waals surface area contributed by atoms with Gasteiger partial charge in [0.05, 0.1) is 48.5 Å². The molecule has 1 saturated heterocycles. The minimum Gasteiger partial charge on any atom is -0.493 e. The van der Waals surface area contributed by atoms with E-state index >= 15 is 0 Å². The van der Waals surface area contributed by atoms with E-state index in [1.165, 1.54) is 54.9 Å². The summed E-state index contributed by atoms with van der Waals surface area (Å²) in [5.74, 6) is -1.32.